The first-order valence-electron chi connectivity index (χ1n) is 6.11. The molecule has 1 aromatic carbocycles. The number of rotatable bonds is 7. The zero-order valence-electron chi connectivity index (χ0n) is 11.2. The Kier molecular flexibility index (Phi) is 4.74. The van der Waals surface area contributed by atoms with E-state index in [2.05, 4.69) is 15.4 Å². The summed E-state index contributed by atoms with van der Waals surface area (Å²) in [4.78, 5) is 4.17. The highest BCUT2D eigenvalue weighted by molar-refractivity contribution is 5.31. The lowest BCUT2D eigenvalue weighted by Crippen LogP contribution is -2.10. The fourth-order valence-corrected chi connectivity index (χ4v) is 1.61. The van der Waals surface area contributed by atoms with Gasteiger partial charge in [-0.05, 0) is 31.3 Å². The molecular formula is C13H18N4O2. The van der Waals surface area contributed by atoms with E-state index in [0.29, 0.717) is 19.7 Å². The molecule has 0 radical (unpaired) electrons. The van der Waals surface area contributed by atoms with Gasteiger partial charge in [0, 0.05) is 0 Å². The van der Waals surface area contributed by atoms with E-state index in [9.17, 15) is 0 Å². The summed E-state index contributed by atoms with van der Waals surface area (Å²) in [6.45, 7) is 1.89. The molecule has 2 rings (SSSR count). The summed E-state index contributed by atoms with van der Waals surface area (Å²) in [7, 11) is 3.51. The average Bonchev–Trinajstić information content (AvgIpc) is 2.88. The number of benzene rings is 1. The molecule has 0 fully saturated rings. The van der Waals surface area contributed by atoms with Gasteiger partial charge in [0.15, 0.2) is 5.82 Å². The Bertz CT molecular complexity index is 496. The maximum Gasteiger partial charge on any atom is 0.164 e. The first kappa shape index (κ1) is 13.4. The van der Waals surface area contributed by atoms with E-state index in [1.165, 1.54) is 0 Å². The SMILES string of the molecule is CNCc1ncn(CCOc2ccc(OC)cc2)n1. The Labute approximate surface area is 112 Å². The summed E-state index contributed by atoms with van der Waals surface area (Å²) in [5.74, 6) is 2.42. The van der Waals surface area contributed by atoms with Gasteiger partial charge in [0.05, 0.1) is 20.2 Å². The fraction of sp³-hybridized carbons (Fsp3) is 0.385. The van der Waals surface area contributed by atoms with E-state index in [1.54, 1.807) is 18.1 Å². The van der Waals surface area contributed by atoms with Gasteiger partial charge in [-0.1, -0.05) is 0 Å². The largest absolute Gasteiger partial charge is 0.497 e. The molecule has 0 atom stereocenters. The summed E-state index contributed by atoms with van der Waals surface area (Å²) in [6.07, 6.45) is 1.71. The zero-order chi connectivity index (χ0) is 13.5. The first-order valence-corrected chi connectivity index (χ1v) is 6.11. The fourth-order valence-electron chi connectivity index (χ4n) is 1.61. The van der Waals surface area contributed by atoms with Crippen LogP contribution in [0, 0.1) is 0 Å². The topological polar surface area (TPSA) is 61.2 Å². The molecule has 0 aliphatic carbocycles. The summed E-state index contributed by atoms with van der Waals surface area (Å²) in [5.41, 5.74) is 0. The standard InChI is InChI=1S/C13H18N4O2/c1-14-9-13-15-10-17(16-13)7-8-19-12-5-3-11(18-2)4-6-12/h3-6,10,14H,7-9H2,1-2H3. The minimum Gasteiger partial charge on any atom is -0.497 e. The summed E-state index contributed by atoms with van der Waals surface area (Å²) < 4.78 is 12.5. The minimum absolute atomic E-state index is 0.550. The highest BCUT2D eigenvalue weighted by atomic mass is 16.5. The predicted octanol–water partition coefficient (Wildman–Crippen LogP) is 1.09. The lowest BCUT2D eigenvalue weighted by atomic mass is 10.3. The quantitative estimate of drug-likeness (QED) is 0.809. The van der Waals surface area contributed by atoms with Crippen molar-refractivity contribution in [2.45, 2.75) is 13.1 Å². The molecule has 2 aromatic rings. The number of methoxy groups -OCH3 is 1. The Morgan fingerprint density at radius 1 is 1.21 bits per heavy atom. The Morgan fingerprint density at radius 3 is 2.63 bits per heavy atom. The molecule has 19 heavy (non-hydrogen) atoms. The van der Waals surface area contributed by atoms with Gasteiger partial charge in [-0.15, -0.1) is 0 Å². The number of aromatic nitrogens is 3. The van der Waals surface area contributed by atoms with Crippen LogP contribution in [0.15, 0.2) is 30.6 Å². The third-order valence-electron chi connectivity index (χ3n) is 2.57. The number of nitrogens with zero attached hydrogens (tertiary/aromatic N) is 3. The second-order valence-electron chi connectivity index (χ2n) is 3.98. The molecule has 1 N–H and O–H groups in total. The van der Waals surface area contributed by atoms with E-state index in [1.807, 2.05) is 31.3 Å². The van der Waals surface area contributed by atoms with E-state index >= 15 is 0 Å². The van der Waals surface area contributed by atoms with Crippen LogP contribution < -0.4 is 14.8 Å². The second-order valence-corrected chi connectivity index (χ2v) is 3.98. The van der Waals surface area contributed by atoms with Crippen LogP contribution in [-0.2, 0) is 13.1 Å². The Morgan fingerprint density at radius 2 is 1.95 bits per heavy atom. The maximum absolute atomic E-state index is 5.62. The highest BCUT2D eigenvalue weighted by Crippen LogP contribution is 2.16. The molecule has 1 heterocycles. The molecular weight excluding hydrogens is 244 g/mol. The molecule has 0 aliphatic rings. The van der Waals surface area contributed by atoms with Crippen molar-refractivity contribution >= 4 is 0 Å². The number of hydrogen-bond donors (Lipinski definition) is 1. The highest BCUT2D eigenvalue weighted by Gasteiger charge is 2.00. The molecule has 0 unspecified atom stereocenters. The lowest BCUT2D eigenvalue weighted by Gasteiger charge is -2.06. The van der Waals surface area contributed by atoms with E-state index in [4.69, 9.17) is 9.47 Å². The Hall–Kier alpha value is -2.08. The molecule has 102 valence electrons. The van der Waals surface area contributed by atoms with E-state index < -0.39 is 0 Å². The third-order valence-corrected chi connectivity index (χ3v) is 2.57. The molecule has 0 aliphatic heterocycles. The molecule has 0 spiro atoms. The molecule has 0 bridgehead atoms. The second kappa shape index (κ2) is 6.75. The lowest BCUT2D eigenvalue weighted by molar-refractivity contribution is 0.290. The van der Waals surface area contributed by atoms with Crippen molar-refractivity contribution in [3.8, 4) is 11.5 Å². The van der Waals surface area contributed by atoms with Crippen molar-refractivity contribution in [3.63, 3.8) is 0 Å². The van der Waals surface area contributed by atoms with Crippen LogP contribution in [0.3, 0.4) is 0 Å². The van der Waals surface area contributed by atoms with Crippen molar-refractivity contribution in [1.29, 1.82) is 0 Å². The third kappa shape index (κ3) is 3.96. The number of nitrogens with one attached hydrogen (secondary N) is 1. The summed E-state index contributed by atoms with van der Waals surface area (Å²) in [5, 5.41) is 7.31. The van der Waals surface area contributed by atoms with Crippen LogP contribution >= 0.6 is 0 Å². The van der Waals surface area contributed by atoms with Crippen LogP contribution in [0.25, 0.3) is 0 Å². The van der Waals surface area contributed by atoms with Crippen LogP contribution in [0.4, 0.5) is 0 Å². The average molecular weight is 262 g/mol. The van der Waals surface area contributed by atoms with Gasteiger partial charge in [-0.25, -0.2) is 9.67 Å². The molecule has 0 saturated heterocycles. The molecule has 6 nitrogen and oxygen atoms in total. The first-order chi connectivity index (χ1) is 9.31. The van der Waals surface area contributed by atoms with Gasteiger partial charge in [0.25, 0.3) is 0 Å². The smallest absolute Gasteiger partial charge is 0.164 e. The predicted molar refractivity (Wildman–Crippen MR) is 71.3 cm³/mol. The molecule has 0 amide bonds. The molecule has 0 saturated carbocycles. The summed E-state index contributed by atoms with van der Waals surface area (Å²) >= 11 is 0. The van der Waals surface area contributed by atoms with Gasteiger partial charge in [-0.2, -0.15) is 5.10 Å². The van der Waals surface area contributed by atoms with Crippen LogP contribution in [-0.4, -0.2) is 35.5 Å². The summed E-state index contributed by atoms with van der Waals surface area (Å²) in [6, 6.07) is 7.50. The van der Waals surface area contributed by atoms with Gasteiger partial charge < -0.3 is 14.8 Å². The van der Waals surface area contributed by atoms with Crippen molar-refractivity contribution in [2.75, 3.05) is 20.8 Å². The molecule has 6 heteroatoms. The van der Waals surface area contributed by atoms with Crippen LogP contribution in [0.2, 0.25) is 0 Å². The van der Waals surface area contributed by atoms with Gasteiger partial charge in [-0.3, -0.25) is 0 Å². The Balaban J connectivity index is 1.78. The van der Waals surface area contributed by atoms with Crippen LogP contribution in [0.5, 0.6) is 11.5 Å². The van der Waals surface area contributed by atoms with Crippen molar-refractivity contribution in [2.24, 2.45) is 0 Å². The van der Waals surface area contributed by atoms with Crippen molar-refractivity contribution in [1.82, 2.24) is 20.1 Å². The van der Waals surface area contributed by atoms with E-state index in [-0.39, 0.29) is 0 Å². The number of ether oxygens (including phenoxy) is 2. The normalized spacial score (nSPS) is 10.4. The zero-order valence-corrected chi connectivity index (χ0v) is 11.2. The van der Waals surface area contributed by atoms with Gasteiger partial charge in [0.1, 0.15) is 24.4 Å². The monoisotopic (exact) mass is 262 g/mol. The van der Waals surface area contributed by atoms with Crippen molar-refractivity contribution in [3.05, 3.63) is 36.4 Å². The number of hydrogen-bond acceptors (Lipinski definition) is 5. The van der Waals surface area contributed by atoms with Gasteiger partial charge in [0.2, 0.25) is 0 Å². The maximum atomic E-state index is 5.62. The minimum atomic E-state index is 0.550. The molecule has 1 aromatic heterocycles. The van der Waals surface area contributed by atoms with E-state index in [0.717, 1.165) is 17.3 Å². The van der Waals surface area contributed by atoms with Gasteiger partial charge >= 0.3 is 0 Å². The van der Waals surface area contributed by atoms with Crippen LogP contribution in [0.1, 0.15) is 5.82 Å². The van der Waals surface area contributed by atoms with Crippen molar-refractivity contribution < 1.29 is 9.47 Å².